The van der Waals surface area contributed by atoms with Crippen LogP contribution in [-0.4, -0.2) is 21.6 Å². The van der Waals surface area contributed by atoms with Gasteiger partial charge in [0.1, 0.15) is 15.3 Å². The van der Waals surface area contributed by atoms with Crippen molar-refractivity contribution in [1.29, 1.82) is 0 Å². The van der Waals surface area contributed by atoms with Crippen LogP contribution in [-0.2, 0) is 6.18 Å². The highest BCUT2D eigenvalue weighted by Crippen LogP contribution is 2.41. The van der Waals surface area contributed by atoms with Crippen molar-refractivity contribution in [3.05, 3.63) is 56.7 Å². The summed E-state index contributed by atoms with van der Waals surface area (Å²) in [5.74, 6) is 0.621. The van der Waals surface area contributed by atoms with Crippen molar-refractivity contribution in [2.24, 2.45) is 0 Å². The molecule has 3 aromatic heterocycles. The maximum absolute atomic E-state index is 13.8. The van der Waals surface area contributed by atoms with E-state index in [1.165, 1.54) is 0 Å². The van der Waals surface area contributed by atoms with Gasteiger partial charge in [-0.3, -0.25) is 9.78 Å². The molecule has 0 saturated carbocycles. The molecule has 4 rings (SSSR count). The highest BCUT2D eigenvalue weighted by Gasteiger charge is 2.35. The molecule has 0 saturated heterocycles. The molecule has 0 amide bonds. The predicted molar refractivity (Wildman–Crippen MR) is 109 cm³/mol. The number of nitrogens with zero attached hydrogens (tertiary/aromatic N) is 1. The number of aromatic nitrogens is 3. The lowest BCUT2D eigenvalue weighted by molar-refractivity contribution is -0.136. The molecule has 3 heterocycles. The molecule has 1 aromatic carbocycles. The minimum absolute atomic E-state index is 0.0144. The molecule has 0 fully saturated rings. The van der Waals surface area contributed by atoms with Gasteiger partial charge in [-0.2, -0.15) is 13.2 Å². The van der Waals surface area contributed by atoms with E-state index < -0.39 is 23.0 Å². The summed E-state index contributed by atoms with van der Waals surface area (Å²) in [5.41, 5.74) is -2.15. The molecule has 0 bridgehead atoms. The number of pyridine rings is 1. The van der Waals surface area contributed by atoms with Gasteiger partial charge in [0, 0.05) is 10.9 Å². The number of H-pyrrole nitrogens is 2. The van der Waals surface area contributed by atoms with Gasteiger partial charge in [0.25, 0.3) is 5.56 Å². The Morgan fingerprint density at radius 2 is 1.87 bits per heavy atom. The van der Waals surface area contributed by atoms with Crippen molar-refractivity contribution in [2.75, 3.05) is 6.61 Å². The molecule has 156 valence electrons. The number of hydrogen-bond acceptors (Lipinski definition) is 5. The van der Waals surface area contributed by atoms with Gasteiger partial charge < -0.3 is 9.72 Å². The van der Waals surface area contributed by atoms with E-state index in [1.807, 2.05) is 11.9 Å². The van der Waals surface area contributed by atoms with Crippen molar-refractivity contribution in [3.8, 4) is 17.0 Å². The monoisotopic (exact) mass is 435 g/mol. The number of benzene rings is 1. The number of thiophene rings is 1. The van der Waals surface area contributed by atoms with E-state index in [0.717, 1.165) is 30.2 Å². The number of fused-ring (bicyclic) bond motifs is 3. The molecule has 2 N–H and O–H groups in total. The zero-order valence-corrected chi connectivity index (χ0v) is 16.5. The summed E-state index contributed by atoms with van der Waals surface area (Å²) in [6.07, 6.45) is -2.81. The van der Waals surface area contributed by atoms with Crippen LogP contribution in [0.2, 0.25) is 0 Å². The van der Waals surface area contributed by atoms with Gasteiger partial charge in [0.15, 0.2) is 0 Å². The summed E-state index contributed by atoms with van der Waals surface area (Å²) in [6.45, 7) is 2.61. The molecule has 0 radical (unpaired) electrons. The third-order valence-electron chi connectivity index (χ3n) is 4.56. The third-order valence-corrected chi connectivity index (χ3v) is 5.64. The molecule has 0 aliphatic rings. The summed E-state index contributed by atoms with van der Waals surface area (Å²) in [7, 11) is 0. The normalized spacial score (nSPS) is 12.0. The first-order chi connectivity index (χ1) is 14.3. The maximum Gasteiger partial charge on any atom is 0.417 e. The minimum Gasteiger partial charge on any atom is -0.494 e. The van der Waals surface area contributed by atoms with Gasteiger partial charge in [-0.25, -0.2) is 9.78 Å². The quantitative estimate of drug-likeness (QED) is 0.445. The van der Waals surface area contributed by atoms with Crippen LogP contribution in [0.25, 0.3) is 31.7 Å². The van der Waals surface area contributed by atoms with E-state index in [-0.39, 0.29) is 26.1 Å². The second-order valence-electron chi connectivity index (χ2n) is 6.67. The maximum atomic E-state index is 13.8. The van der Waals surface area contributed by atoms with Crippen molar-refractivity contribution in [1.82, 2.24) is 15.0 Å². The summed E-state index contributed by atoms with van der Waals surface area (Å²) in [5, 5.41) is -0.283. The van der Waals surface area contributed by atoms with E-state index in [0.29, 0.717) is 17.9 Å². The van der Waals surface area contributed by atoms with Crippen molar-refractivity contribution in [2.45, 2.75) is 25.9 Å². The zero-order valence-electron chi connectivity index (χ0n) is 15.7. The SMILES string of the molecule is CCCCOc1ccc(-c2cc(C(F)(F)F)c3c(n2)sc2c(=O)[nH]c(=O)[nH]c23)cc1. The average Bonchev–Trinajstić information content (AvgIpc) is 3.06. The summed E-state index contributed by atoms with van der Waals surface area (Å²) < 4.78 is 47.1. The minimum atomic E-state index is -4.70. The number of unbranched alkanes of at least 4 members (excludes halogenated alkanes) is 1. The predicted octanol–water partition coefficient (Wildman–Crippen LogP) is 4.69. The zero-order chi connectivity index (χ0) is 21.5. The number of hydrogen-bond donors (Lipinski definition) is 2. The highest BCUT2D eigenvalue weighted by molar-refractivity contribution is 7.25. The van der Waals surface area contributed by atoms with Crippen LogP contribution in [0, 0.1) is 0 Å². The third kappa shape index (κ3) is 3.70. The highest BCUT2D eigenvalue weighted by atomic mass is 32.1. The first kappa shape index (κ1) is 20.1. The molecule has 0 aliphatic heterocycles. The van der Waals surface area contributed by atoms with Crippen molar-refractivity contribution >= 4 is 31.8 Å². The number of rotatable bonds is 5. The molecule has 0 spiro atoms. The Bertz CT molecular complexity index is 1340. The Balaban J connectivity index is 1.88. The van der Waals surface area contributed by atoms with E-state index >= 15 is 0 Å². The van der Waals surface area contributed by atoms with Gasteiger partial charge in [0.05, 0.1) is 23.4 Å². The molecule has 4 aromatic rings. The molecular weight excluding hydrogens is 419 g/mol. The Morgan fingerprint density at radius 3 is 2.53 bits per heavy atom. The fourth-order valence-corrected chi connectivity index (χ4v) is 4.16. The Morgan fingerprint density at radius 1 is 1.13 bits per heavy atom. The fraction of sp³-hybridized carbons (Fsp3) is 0.250. The van der Waals surface area contributed by atoms with Gasteiger partial charge >= 0.3 is 11.9 Å². The smallest absolute Gasteiger partial charge is 0.417 e. The molecule has 30 heavy (non-hydrogen) atoms. The molecule has 0 aliphatic carbocycles. The van der Waals surface area contributed by atoms with Gasteiger partial charge in [-0.05, 0) is 36.8 Å². The fourth-order valence-electron chi connectivity index (χ4n) is 3.11. The van der Waals surface area contributed by atoms with E-state index in [1.54, 1.807) is 24.3 Å². The Hall–Kier alpha value is -3.14. The second-order valence-corrected chi connectivity index (χ2v) is 7.67. The molecule has 6 nitrogen and oxygen atoms in total. The number of ether oxygens (including phenoxy) is 1. The Labute approximate surface area is 171 Å². The Kier molecular flexibility index (Phi) is 5.10. The van der Waals surface area contributed by atoms with Crippen LogP contribution in [0.15, 0.2) is 39.9 Å². The average molecular weight is 435 g/mol. The summed E-state index contributed by atoms with van der Waals surface area (Å²) in [4.78, 5) is 32.3. The second kappa shape index (κ2) is 7.60. The first-order valence-corrected chi connectivity index (χ1v) is 10.00. The van der Waals surface area contributed by atoms with Crippen molar-refractivity contribution < 1.29 is 17.9 Å². The van der Waals surface area contributed by atoms with Crippen LogP contribution < -0.4 is 16.0 Å². The lowest BCUT2D eigenvalue weighted by Gasteiger charge is -2.11. The number of aromatic amines is 2. The number of alkyl halides is 3. The topological polar surface area (TPSA) is 87.8 Å². The van der Waals surface area contributed by atoms with Crippen LogP contribution in [0.4, 0.5) is 13.2 Å². The van der Waals surface area contributed by atoms with E-state index in [2.05, 4.69) is 9.97 Å². The summed E-state index contributed by atoms with van der Waals surface area (Å²) in [6, 6.07) is 7.56. The number of nitrogens with one attached hydrogen (secondary N) is 2. The lowest BCUT2D eigenvalue weighted by Crippen LogP contribution is -2.20. The summed E-state index contributed by atoms with van der Waals surface area (Å²) >= 11 is 0.803. The van der Waals surface area contributed by atoms with Crippen LogP contribution in [0.1, 0.15) is 25.3 Å². The standard InChI is InChI=1S/C20H16F3N3O3S/c1-2-3-8-29-11-6-4-10(5-7-11)13-9-12(20(21,22)23)14-15-16(30-18(14)24-13)17(27)26-19(28)25-15/h4-7,9H,2-3,8H2,1H3,(H2,25,26,27,28). The molecule has 0 atom stereocenters. The number of halogens is 3. The van der Waals surface area contributed by atoms with Crippen molar-refractivity contribution in [3.63, 3.8) is 0 Å². The van der Waals surface area contributed by atoms with E-state index in [4.69, 9.17) is 4.74 Å². The van der Waals surface area contributed by atoms with Crippen LogP contribution in [0.3, 0.4) is 0 Å². The van der Waals surface area contributed by atoms with Crippen LogP contribution >= 0.6 is 11.3 Å². The van der Waals surface area contributed by atoms with Gasteiger partial charge in [0.2, 0.25) is 0 Å². The van der Waals surface area contributed by atoms with Crippen LogP contribution in [0.5, 0.6) is 5.75 Å². The lowest BCUT2D eigenvalue weighted by atomic mass is 10.1. The molecule has 0 unspecified atom stereocenters. The largest absolute Gasteiger partial charge is 0.494 e. The first-order valence-electron chi connectivity index (χ1n) is 9.18. The molecule has 10 heteroatoms. The molecular formula is C20H16F3N3O3S. The van der Waals surface area contributed by atoms with Gasteiger partial charge in [-0.15, -0.1) is 11.3 Å². The van der Waals surface area contributed by atoms with Gasteiger partial charge in [-0.1, -0.05) is 13.3 Å². The van der Waals surface area contributed by atoms with E-state index in [9.17, 15) is 22.8 Å².